The Morgan fingerprint density at radius 3 is 2.72 bits per heavy atom. The van der Waals surface area contributed by atoms with Gasteiger partial charge in [0, 0.05) is 25.2 Å². The van der Waals surface area contributed by atoms with Crippen LogP contribution in [0.25, 0.3) is 0 Å². The third-order valence-electron chi connectivity index (χ3n) is 3.90. The minimum absolute atomic E-state index is 0.609. The highest BCUT2D eigenvalue weighted by Crippen LogP contribution is 2.16. The third-order valence-corrected chi connectivity index (χ3v) is 3.90. The Hall–Kier alpha value is -0.120. The first-order chi connectivity index (χ1) is 8.59. The lowest BCUT2D eigenvalue weighted by molar-refractivity contribution is 0.0366. The Bertz CT molecular complexity index is 203. The molecule has 0 aliphatic carbocycles. The van der Waals surface area contributed by atoms with Crippen molar-refractivity contribution in [3.63, 3.8) is 0 Å². The zero-order chi connectivity index (χ0) is 13.4. The van der Waals surface area contributed by atoms with Crippen molar-refractivity contribution in [1.82, 2.24) is 10.2 Å². The first-order valence-corrected chi connectivity index (χ1v) is 7.61. The normalized spacial score (nSPS) is 22.7. The van der Waals surface area contributed by atoms with Gasteiger partial charge in [-0.05, 0) is 52.1 Å². The van der Waals surface area contributed by atoms with Crippen molar-refractivity contribution in [3.8, 4) is 0 Å². The number of hydrogen-bond donors (Lipinski definition) is 1. The monoisotopic (exact) mass is 256 g/mol. The maximum absolute atomic E-state index is 5.55. The van der Waals surface area contributed by atoms with E-state index in [1.807, 2.05) is 0 Å². The van der Waals surface area contributed by atoms with E-state index < -0.39 is 0 Å². The molecule has 0 aromatic rings. The van der Waals surface area contributed by atoms with Gasteiger partial charge in [0.1, 0.15) is 0 Å². The Kier molecular flexibility index (Phi) is 7.87. The van der Waals surface area contributed by atoms with Crippen LogP contribution in [-0.4, -0.2) is 50.3 Å². The van der Waals surface area contributed by atoms with E-state index >= 15 is 0 Å². The first-order valence-electron chi connectivity index (χ1n) is 7.61. The number of hydrogen-bond acceptors (Lipinski definition) is 3. The molecule has 1 saturated heterocycles. The zero-order valence-electron chi connectivity index (χ0n) is 12.7. The van der Waals surface area contributed by atoms with E-state index in [2.05, 4.69) is 38.0 Å². The van der Waals surface area contributed by atoms with Crippen LogP contribution in [0.3, 0.4) is 0 Å². The summed E-state index contributed by atoms with van der Waals surface area (Å²) >= 11 is 0. The van der Waals surface area contributed by atoms with Crippen LogP contribution in [0, 0.1) is 5.92 Å². The minimum atomic E-state index is 0.609. The molecule has 1 fully saturated rings. The number of nitrogens with zero attached hydrogens (tertiary/aromatic N) is 1. The van der Waals surface area contributed by atoms with Crippen molar-refractivity contribution in [1.29, 1.82) is 0 Å². The van der Waals surface area contributed by atoms with Gasteiger partial charge in [-0.15, -0.1) is 0 Å². The summed E-state index contributed by atoms with van der Waals surface area (Å²) in [6, 6.07) is 1.29. The SMILES string of the molecule is CC(C)NCCCC(C)N(C)CC1CCCOC1. The molecule has 0 amide bonds. The predicted octanol–water partition coefficient (Wildman–Crippen LogP) is 2.51. The van der Waals surface area contributed by atoms with Gasteiger partial charge in [0.15, 0.2) is 0 Å². The van der Waals surface area contributed by atoms with Crippen LogP contribution < -0.4 is 5.32 Å². The van der Waals surface area contributed by atoms with Gasteiger partial charge in [0.05, 0.1) is 6.61 Å². The molecule has 0 radical (unpaired) electrons. The molecular formula is C15H32N2O. The quantitative estimate of drug-likeness (QED) is 0.675. The highest BCUT2D eigenvalue weighted by atomic mass is 16.5. The van der Waals surface area contributed by atoms with Crippen molar-refractivity contribution in [3.05, 3.63) is 0 Å². The standard InChI is InChI=1S/C15H32N2O/c1-13(2)16-9-5-7-14(3)17(4)11-15-8-6-10-18-12-15/h13-16H,5-12H2,1-4H3. The fourth-order valence-electron chi connectivity index (χ4n) is 2.55. The Balaban J connectivity index is 2.09. The molecule has 1 heterocycles. The molecule has 0 spiro atoms. The molecule has 1 aliphatic heterocycles. The molecular weight excluding hydrogens is 224 g/mol. The first kappa shape index (κ1) is 15.9. The van der Waals surface area contributed by atoms with Gasteiger partial charge in [-0.1, -0.05) is 13.8 Å². The summed E-state index contributed by atoms with van der Waals surface area (Å²) in [5, 5.41) is 3.48. The molecule has 2 atom stereocenters. The van der Waals surface area contributed by atoms with E-state index in [9.17, 15) is 0 Å². The zero-order valence-corrected chi connectivity index (χ0v) is 12.7. The van der Waals surface area contributed by atoms with Gasteiger partial charge in [0.2, 0.25) is 0 Å². The van der Waals surface area contributed by atoms with Crippen molar-refractivity contribution >= 4 is 0 Å². The average molecular weight is 256 g/mol. The number of rotatable bonds is 8. The molecule has 1 N–H and O–H groups in total. The molecule has 0 aromatic carbocycles. The molecule has 2 unspecified atom stereocenters. The molecule has 0 saturated carbocycles. The lowest BCUT2D eigenvalue weighted by Crippen LogP contribution is -2.37. The molecule has 0 bridgehead atoms. The van der Waals surface area contributed by atoms with Crippen molar-refractivity contribution < 1.29 is 4.74 Å². The average Bonchev–Trinajstić information content (AvgIpc) is 2.35. The highest BCUT2D eigenvalue weighted by molar-refractivity contribution is 4.71. The topological polar surface area (TPSA) is 24.5 Å². The summed E-state index contributed by atoms with van der Waals surface area (Å²) in [5.41, 5.74) is 0. The van der Waals surface area contributed by atoms with Gasteiger partial charge in [-0.2, -0.15) is 0 Å². The molecule has 108 valence electrons. The van der Waals surface area contributed by atoms with E-state index in [1.165, 1.54) is 32.2 Å². The lowest BCUT2D eigenvalue weighted by atomic mass is 10.0. The molecule has 1 rings (SSSR count). The van der Waals surface area contributed by atoms with Crippen LogP contribution in [0.1, 0.15) is 46.5 Å². The smallest absolute Gasteiger partial charge is 0.0506 e. The van der Waals surface area contributed by atoms with Crippen LogP contribution in [0.5, 0.6) is 0 Å². The fourth-order valence-corrected chi connectivity index (χ4v) is 2.55. The van der Waals surface area contributed by atoms with Crippen molar-refractivity contribution in [2.24, 2.45) is 5.92 Å². The number of ether oxygens (including phenoxy) is 1. The maximum atomic E-state index is 5.55. The van der Waals surface area contributed by atoms with E-state index in [1.54, 1.807) is 0 Å². The highest BCUT2D eigenvalue weighted by Gasteiger charge is 2.18. The van der Waals surface area contributed by atoms with Crippen LogP contribution in [-0.2, 0) is 4.74 Å². The fraction of sp³-hybridized carbons (Fsp3) is 1.00. The van der Waals surface area contributed by atoms with Crippen LogP contribution in [0.4, 0.5) is 0 Å². The summed E-state index contributed by atoms with van der Waals surface area (Å²) < 4.78 is 5.55. The van der Waals surface area contributed by atoms with Gasteiger partial charge in [-0.3, -0.25) is 0 Å². The van der Waals surface area contributed by atoms with E-state index in [0.29, 0.717) is 12.1 Å². The summed E-state index contributed by atoms with van der Waals surface area (Å²) in [6.07, 6.45) is 5.13. The molecule has 18 heavy (non-hydrogen) atoms. The molecule has 3 heteroatoms. The van der Waals surface area contributed by atoms with E-state index in [4.69, 9.17) is 4.74 Å². The summed E-state index contributed by atoms with van der Waals surface area (Å²) in [4.78, 5) is 2.51. The number of nitrogens with one attached hydrogen (secondary N) is 1. The van der Waals surface area contributed by atoms with Crippen molar-refractivity contribution in [2.45, 2.75) is 58.5 Å². The second kappa shape index (κ2) is 8.89. The third kappa shape index (κ3) is 6.72. The van der Waals surface area contributed by atoms with E-state index in [0.717, 1.165) is 25.7 Å². The summed E-state index contributed by atoms with van der Waals surface area (Å²) in [7, 11) is 2.26. The Morgan fingerprint density at radius 2 is 2.11 bits per heavy atom. The van der Waals surface area contributed by atoms with Crippen molar-refractivity contribution in [2.75, 3.05) is 33.4 Å². The Morgan fingerprint density at radius 1 is 1.33 bits per heavy atom. The lowest BCUT2D eigenvalue weighted by Gasteiger charge is -2.31. The minimum Gasteiger partial charge on any atom is -0.381 e. The van der Waals surface area contributed by atoms with Gasteiger partial charge in [0.25, 0.3) is 0 Å². The van der Waals surface area contributed by atoms with Crippen LogP contribution >= 0.6 is 0 Å². The van der Waals surface area contributed by atoms with E-state index in [-0.39, 0.29) is 0 Å². The van der Waals surface area contributed by atoms with Gasteiger partial charge in [-0.25, -0.2) is 0 Å². The maximum Gasteiger partial charge on any atom is 0.0506 e. The van der Waals surface area contributed by atoms with Crippen LogP contribution in [0.15, 0.2) is 0 Å². The molecule has 0 aromatic heterocycles. The second-order valence-electron chi connectivity index (χ2n) is 6.12. The van der Waals surface area contributed by atoms with Gasteiger partial charge < -0.3 is 15.0 Å². The van der Waals surface area contributed by atoms with Gasteiger partial charge >= 0.3 is 0 Å². The summed E-state index contributed by atoms with van der Waals surface area (Å²) in [6.45, 7) is 11.0. The molecule has 1 aliphatic rings. The second-order valence-corrected chi connectivity index (χ2v) is 6.12. The molecule has 3 nitrogen and oxygen atoms in total. The summed E-state index contributed by atoms with van der Waals surface area (Å²) in [5.74, 6) is 0.750. The largest absolute Gasteiger partial charge is 0.381 e. The predicted molar refractivity (Wildman–Crippen MR) is 78.0 cm³/mol. The Labute approximate surface area is 113 Å². The van der Waals surface area contributed by atoms with Crippen LogP contribution in [0.2, 0.25) is 0 Å².